The molecule has 0 saturated carbocycles. The van der Waals surface area contributed by atoms with E-state index in [-0.39, 0.29) is 0 Å². The van der Waals surface area contributed by atoms with Crippen LogP contribution in [-0.4, -0.2) is 74.9 Å². The summed E-state index contributed by atoms with van der Waals surface area (Å²) in [5.41, 5.74) is 0. The Bertz CT molecular complexity index is 268. The van der Waals surface area contributed by atoms with Crippen LogP contribution in [-0.2, 0) is 14.3 Å². The number of rotatable bonds is 3. The Morgan fingerprint density at radius 2 is 1.94 bits per heavy atom. The normalized spacial score (nSPS) is 39.8. The minimum atomic E-state index is -1.69. The summed E-state index contributed by atoms with van der Waals surface area (Å²) in [5, 5.41) is 46.2. The van der Waals surface area contributed by atoms with Gasteiger partial charge in [-0.3, -0.25) is 0 Å². The molecule has 0 unspecified atom stereocenters. The summed E-state index contributed by atoms with van der Waals surface area (Å²) < 4.78 is 9.32. The third-order valence-corrected chi connectivity index (χ3v) is 2.43. The van der Waals surface area contributed by atoms with Gasteiger partial charge in [0, 0.05) is 0 Å². The van der Waals surface area contributed by atoms with Crippen LogP contribution in [0.3, 0.4) is 0 Å². The van der Waals surface area contributed by atoms with E-state index in [9.17, 15) is 20.1 Å². The highest BCUT2D eigenvalue weighted by Gasteiger charge is 2.46. The van der Waals surface area contributed by atoms with Crippen molar-refractivity contribution in [3.05, 3.63) is 0 Å². The monoisotopic (exact) mass is 252 g/mol. The molecule has 0 aliphatic carbocycles. The number of esters is 1. The summed E-state index contributed by atoms with van der Waals surface area (Å²) in [6.45, 7) is 0.536. The van der Waals surface area contributed by atoms with E-state index in [1.165, 1.54) is 0 Å². The summed E-state index contributed by atoms with van der Waals surface area (Å²) >= 11 is 0. The number of carbonyl (C=O) groups excluding carboxylic acids is 1. The molecule has 0 spiro atoms. The van der Waals surface area contributed by atoms with Crippen molar-refractivity contribution in [2.75, 3.05) is 6.61 Å². The second kappa shape index (κ2) is 5.71. The molecule has 5 N–H and O–H groups in total. The highest BCUT2D eigenvalue weighted by atomic mass is 16.7. The Hall–Kier alpha value is -0.770. The number of ether oxygens (including phenoxy) is 2. The largest absolute Gasteiger partial charge is 0.455 e. The minimum Gasteiger partial charge on any atom is -0.455 e. The topological polar surface area (TPSA) is 137 Å². The van der Waals surface area contributed by atoms with Gasteiger partial charge < -0.3 is 35.0 Å². The average Bonchev–Trinajstić information content (AvgIpc) is 2.28. The van der Waals surface area contributed by atoms with Crippen LogP contribution in [0.25, 0.3) is 0 Å². The molecule has 6 atom stereocenters. The van der Waals surface area contributed by atoms with Gasteiger partial charge in [-0.05, 0) is 6.92 Å². The third-order valence-electron chi connectivity index (χ3n) is 2.43. The molecule has 0 radical (unpaired) electrons. The molecule has 1 aliphatic rings. The van der Waals surface area contributed by atoms with Crippen LogP contribution in [0.5, 0.6) is 0 Å². The smallest absolute Gasteiger partial charge is 0.335 e. The fraction of sp³-hybridized carbons (Fsp3) is 0.889. The summed E-state index contributed by atoms with van der Waals surface area (Å²) in [6.07, 6.45) is -8.93. The highest BCUT2D eigenvalue weighted by Crippen LogP contribution is 2.22. The van der Waals surface area contributed by atoms with E-state index in [4.69, 9.17) is 10.2 Å². The Balaban J connectivity index is 2.75. The number of hydrogen-bond donors (Lipinski definition) is 5. The number of aliphatic hydroxyl groups excluding tert-OH is 5. The van der Waals surface area contributed by atoms with Crippen molar-refractivity contribution in [2.45, 2.75) is 43.7 Å². The lowest BCUT2D eigenvalue weighted by Crippen LogP contribution is -2.60. The van der Waals surface area contributed by atoms with Gasteiger partial charge in [0.2, 0.25) is 0 Å². The van der Waals surface area contributed by atoms with Crippen molar-refractivity contribution in [1.29, 1.82) is 0 Å². The van der Waals surface area contributed by atoms with Crippen LogP contribution >= 0.6 is 0 Å². The third kappa shape index (κ3) is 3.12. The molecule has 1 aliphatic heterocycles. The van der Waals surface area contributed by atoms with E-state index < -0.39 is 49.4 Å². The molecule has 0 aromatic rings. The summed E-state index contributed by atoms with van der Waals surface area (Å²) in [5.74, 6) is -1.06. The quantitative estimate of drug-likeness (QED) is 0.330. The maximum absolute atomic E-state index is 11.1. The van der Waals surface area contributed by atoms with Gasteiger partial charge in [-0.25, -0.2) is 4.79 Å². The fourth-order valence-corrected chi connectivity index (χ4v) is 1.44. The maximum atomic E-state index is 11.1. The molecule has 0 bridgehead atoms. The van der Waals surface area contributed by atoms with Gasteiger partial charge >= 0.3 is 5.97 Å². The van der Waals surface area contributed by atoms with Gasteiger partial charge in [-0.15, -0.1) is 0 Å². The van der Waals surface area contributed by atoms with Crippen molar-refractivity contribution >= 4 is 5.97 Å². The molecular weight excluding hydrogens is 236 g/mol. The lowest BCUT2D eigenvalue weighted by Gasteiger charge is -2.39. The molecular formula is C9H16O8. The highest BCUT2D eigenvalue weighted by molar-refractivity contribution is 5.74. The van der Waals surface area contributed by atoms with E-state index in [0.717, 1.165) is 6.92 Å². The van der Waals surface area contributed by atoms with Crippen molar-refractivity contribution in [3.8, 4) is 0 Å². The van der Waals surface area contributed by atoms with E-state index in [0.29, 0.717) is 0 Å². The molecule has 0 amide bonds. The molecule has 1 fully saturated rings. The van der Waals surface area contributed by atoms with Gasteiger partial charge in [0.25, 0.3) is 0 Å². The standard InChI is InChI=1S/C9H16O8/c1-3(11)8(14)17-7-5(12)4(2-10)16-9(15)6(7)13/h3-7,9-13,15H,2H2,1H3/t3-,4-,5-,6-,7+,9+/m1/s1. The van der Waals surface area contributed by atoms with E-state index in [1.807, 2.05) is 0 Å². The molecule has 8 nitrogen and oxygen atoms in total. The van der Waals surface area contributed by atoms with E-state index >= 15 is 0 Å². The van der Waals surface area contributed by atoms with E-state index in [2.05, 4.69) is 9.47 Å². The van der Waals surface area contributed by atoms with Crippen LogP contribution in [0.1, 0.15) is 6.92 Å². The lowest BCUT2D eigenvalue weighted by atomic mass is 9.99. The predicted octanol–water partition coefficient (Wildman–Crippen LogP) is -3.29. The zero-order valence-corrected chi connectivity index (χ0v) is 9.13. The second-order valence-electron chi connectivity index (χ2n) is 3.81. The molecule has 0 aromatic carbocycles. The van der Waals surface area contributed by atoms with Crippen molar-refractivity contribution in [1.82, 2.24) is 0 Å². The predicted molar refractivity (Wildman–Crippen MR) is 51.5 cm³/mol. The number of carbonyl (C=O) groups is 1. The zero-order chi connectivity index (χ0) is 13.2. The minimum absolute atomic E-state index is 0.617. The Kier molecular flexibility index (Phi) is 4.80. The molecule has 17 heavy (non-hydrogen) atoms. The van der Waals surface area contributed by atoms with Gasteiger partial charge in [-0.1, -0.05) is 0 Å². The lowest BCUT2D eigenvalue weighted by molar-refractivity contribution is -0.290. The Morgan fingerprint density at radius 1 is 1.35 bits per heavy atom. The van der Waals surface area contributed by atoms with Crippen molar-refractivity contribution in [3.63, 3.8) is 0 Å². The van der Waals surface area contributed by atoms with Crippen molar-refractivity contribution < 1.29 is 39.8 Å². The number of hydrogen-bond acceptors (Lipinski definition) is 8. The van der Waals surface area contributed by atoms with E-state index in [1.54, 1.807) is 0 Å². The molecule has 8 heteroatoms. The maximum Gasteiger partial charge on any atom is 0.335 e. The summed E-state index contributed by atoms with van der Waals surface area (Å²) in [6, 6.07) is 0. The first kappa shape index (κ1) is 14.3. The molecule has 1 heterocycles. The van der Waals surface area contributed by atoms with Crippen LogP contribution in [0.4, 0.5) is 0 Å². The first-order chi connectivity index (χ1) is 7.88. The average molecular weight is 252 g/mol. The summed E-state index contributed by atoms with van der Waals surface area (Å²) in [4.78, 5) is 11.1. The molecule has 1 rings (SSSR count). The van der Waals surface area contributed by atoms with Crippen LogP contribution < -0.4 is 0 Å². The first-order valence-corrected chi connectivity index (χ1v) is 5.07. The van der Waals surface area contributed by atoms with Crippen LogP contribution in [0, 0.1) is 0 Å². The summed E-state index contributed by atoms with van der Waals surface area (Å²) in [7, 11) is 0. The Labute approximate surface area is 97.0 Å². The number of aliphatic hydroxyl groups is 5. The Morgan fingerprint density at radius 3 is 2.41 bits per heavy atom. The van der Waals surface area contributed by atoms with Crippen LogP contribution in [0.15, 0.2) is 0 Å². The first-order valence-electron chi connectivity index (χ1n) is 5.07. The molecule has 100 valence electrons. The van der Waals surface area contributed by atoms with Gasteiger partial charge in [0.15, 0.2) is 12.4 Å². The van der Waals surface area contributed by atoms with Crippen molar-refractivity contribution in [2.24, 2.45) is 0 Å². The SMILES string of the molecule is C[C@@H](O)C(=O)O[C@@H]1[C@@H](O)[C@@H](O)O[C@H](CO)[C@H]1O. The van der Waals surface area contributed by atoms with Gasteiger partial charge in [-0.2, -0.15) is 0 Å². The molecule has 0 aromatic heterocycles. The van der Waals surface area contributed by atoms with Gasteiger partial charge in [0.1, 0.15) is 24.4 Å². The second-order valence-corrected chi connectivity index (χ2v) is 3.81. The van der Waals surface area contributed by atoms with Gasteiger partial charge in [0.05, 0.1) is 6.61 Å². The fourth-order valence-electron chi connectivity index (χ4n) is 1.44. The van der Waals surface area contributed by atoms with Crippen LogP contribution in [0.2, 0.25) is 0 Å². The zero-order valence-electron chi connectivity index (χ0n) is 9.13. The molecule has 1 saturated heterocycles.